The van der Waals surface area contributed by atoms with E-state index in [0.717, 1.165) is 11.3 Å². The van der Waals surface area contributed by atoms with Crippen molar-refractivity contribution in [3.63, 3.8) is 0 Å². The number of benzene rings is 2. The third-order valence-electron chi connectivity index (χ3n) is 3.45. The smallest absolute Gasteiger partial charge is 0.265 e. The average molecular weight is 284 g/mol. The van der Waals surface area contributed by atoms with Crippen LogP contribution in [0.1, 0.15) is 5.56 Å². The Balaban J connectivity index is 1.98. The molecule has 1 amide bonds. The molecular weight excluding hydrogens is 268 g/mol. The molecule has 0 saturated carbocycles. The molecule has 3 rings (SSSR count). The molecule has 2 N–H and O–H groups in total. The molecule has 0 radical (unpaired) electrons. The van der Waals surface area contributed by atoms with Gasteiger partial charge in [0.2, 0.25) is 0 Å². The molecular formula is C16H16N2O3. The lowest BCUT2D eigenvalue weighted by molar-refractivity contribution is -0.121. The summed E-state index contributed by atoms with van der Waals surface area (Å²) in [6.07, 6.45) is 0. The van der Waals surface area contributed by atoms with Crippen molar-refractivity contribution in [1.29, 1.82) is 0 Å². The number of nitrogens with two attached hydrogens (primary N) is 1. The number of methoxy groups -OCH3 is 1. The number of rotatable bonds is 3. The Morgan fingerprint density at radius 3 is 2.90 bits per heavy atom. The fraction of sp³-hybridized carbons (Fsp3) is 0.188. The third-order valence-corrected chi connectivity index (χ3v) is 3.45. The number of ether oxygens (including phenoxy) is 2. The Hall–Kier alpha value is -2.69. The van der Waals surface area contributed by atoms with Gasteiger partial charge in [0.25, 0.3) is 5.91 Å². The number of para-hydroxylation sites is 1. The van der Waals surface area contributed by atoms with E-state index in [1.807, 2.05) is 24.3 Å². The fourth-order valence-electron chi connectivity index (χ4n) is 2.40. The summed E-state index contributed by atoms with van der Waals surface area (Å²) in [6.45, 7) is 0.453. The van der Waals surface area contributed by atoms with Gasteiger partial charge in [-0.15, -0.1) is 0 Å². The van der Waals surface area contributed by atoms with Gasteiger partial charge in [0, 0.05) is 11.3 Å². The van der Waals surface area contributed by atoms with Gasteiger partial charge in [-0.2, -0.15) is 0 Å². The van der Waals surface area contributed by atoms with Crippen LogP contribution in [0.4, 0.5) is 11.4 Å². The van der Waals surface area contributed by atoms with Crippen LogP contribution in [0, 0.1) is 0 Å². The van der Waals surface area contributed by atoms with Crippen molar-refractivity contribution in [2.75, 3.05) is 24.4 Å². The van der Waals surface area contributed by atoms with Crippen LogP contribution >= 0.6 is 0 Å². The molecule has 21 heavy (non-hydrogen) atoms. The van der Waals surface area contributed by atoms with Gasteiger partial charge >= 0.3 is 0 Å². The van der Waals surface area contributed by atoms with Gasteiger partial charge in [-0.05, 0) is 24.3 Å². The molecule has 5 nitrogen and oxygen atoms in total. The highest BCUT2D eigenvalue weighted by Crippen LogP contribution is 2.35. The Bertz CT molecular complexity index is 685. The molecule has 0 unspecified atom stereocenters. The zero-order chi connectivity index (χ0) is 14.8. The van der Waals surface area contributed by atoms with Crippen LogP contribution in [-0.4, -0.2) is 19.6 Å². The van der Waals surface area contributed by atoms with E-state index < -0.39 is 0 Å². The minimum atomic E-state index is -0.0981. The van der Waals surface area contributed by atoms with Gasteiger partial charge in [-0.3, -0.25) is 4.79 Å². The second-order valence-corrected chi connectivity index (χ2v) is 4.81. The highest BCUT2D eigenvalue weighted by molar-refractivity contribution is 5.98. The van der Waals surface area contributed by atoms with E-state index in [-0.39, 0.29) is 12.5 Å². The fourth-order valence-corrected chi connectivity index (χ4v) is 2.40. The van der Waals surface area contributed by atoms with Gasteiger partial charge < -0.3 is 20.1 Å². The first-order valence-electron chi connectivity index (χ1n) is 6.63. The molecule has 1 aliphatic rings. The van der Waals surface area contributed by atoms with Crippen molar-refractivity contribution in [2.45, 2.75) is 6.54 Å². The number of amides is 1. The molecule has 0 saturated heterocycles. The van der Waals surface area contributed by atoms with Crippen LogP contribution in [0.2, 0.25) is 0 Å². The molecule has 0 fully saturated rings. The molecule has 108 valence electrons. The summed E-state index contributed by atoms with van der Waals surface area (Å²) in [7, 11) is 1.62. The molecule has 1 aliphatic heterocycles. The molecule has 0 spiro atoms. The van der Waals surface area contributed by atoms with Crippen molar-refractivity contribution in [3.05, 3.63) is 48.0 Å². The van der Waals surface area contributed by atoms with E-state index in [1.54, 1.807) is 30.2 Å². The first kappa shape index (κ1) is 13.3. The summed E-state index contributed by atoms with van der Waals surface area (Å²) < 4.78 is 10.8. The molecule has 0 aromatic heterocycles. The normalized spacial score (nSPS) is 13.6. The van der Waals surface area contributed by atoms with Crippen LogP contribution in [-0.2, 0) is 11.3 Å². The summed E-state index contributed by atoms with van der Waals surface area (Å²) >= 11 is 0. The zero-order valence-electron chi connectivity index (χ0n) is 11.7. The van der Waals surface area contributed by atoms with Crippen molar-refractivity contribution >= 4 is 17.3 Å². The van der Waals surface area contributed by atoms with E-state index in [4.69, 9.17) is 15.2 Å². The first-order chi connectivity index (χ1) is 10.2. The molecule has 2 aromatic carbocycles. The number of anilines is 2. The number of hydrogen-bond donors (Lipinski definition) is 1. The molecule has 0 bridgehead atoms. The van der Waals surface area contributed by atoms with Gasteiger partial charge in [0.05, 0.1) is 19.3 Å². The van der Waals surface area contributed by atoms with E-state index in [1.165, 1.54) is 0 Å². The second-order valence-electron chi connectivity index (χ2n) is 4.81. The molecule has 0 aliphatic carbocycles. The Morgan fingerprint density at radius 2 is 2.10 bits per heavy atom. The Morgan fingerprint density at radius 1 is 1.29 bits per heavy atom. The van der Waals surface area contributed by atoms with Crippen molar-refractivity contribution < 1.29 is 14.3 Å². The van der Waals surface area contributed by atoms with Crippen LogP contribution in [0.5, 0.6) is 11.5 Å². The minimum absolute atomic E-state index is 0.0338. The molecule has 0 atom stereocenters. The largest absolute Gasteiger partial charge is 0.496 e. The van der Waals surface area contributed by atoms with Gasteiger partial charge in [0.1, 0.15) is 11.5 Å². The third kappa shape index (κ3) is 2.50. The predicted molar refractivity (Wildman–Crippen MR) is 80.5 cm³/mol. The van der Waals surface area contributed by atoms with E-state index >= 15 is 0 Å². The van der Waals surface area contributed by atoms with Crippen LogP contribution in [0.25, 0.3) is 0 Å². The molecule has 1 heterocycles. The summed E-state index contributed by atoms with van der Waals surface area (Å²) in [5.41, 5.74) is 8.04. The minimum Gasteiger partial charge on any atom is -0.496 e. The monoisotopic (exact) mass is 284 g/mol. The van der Waals surface area contributed by atoms with Gasteiger partial charge in [-0.1, -0.05) is 18.2 Å². The maximum absolute atomic E-state index is 12.2. The lowest BCUT2D eigenvalue weighted by Crippen LogP contribution is -2.38. The lowest BCUT2D eigenvalue weighted by Gasteiger charge is -2.30. The van der Waals surface area contributed by atoms with Gasteiger partial charge in [0.15, 0.2) is 6.61 Å². The quantitative estimate of drug-likeness (QED) is 0.878. The summed E-state index contributed by atoms with van der Waals surface area (Å²) in [5.74, 6) is 1.32. The summed E-state index contributed by atoms with van der Waals surface area (Å²) in [4.78, 5) is 13.9. The Kier molecular flexibility index (Phi) is 3.39. The summed E-state index contributed by atoms with van der Waals surface area (Å²) in [5, 5.41) is 0. The predicted octanol–water partition coefficient (Wildman–Crippen LogP) is 2.20. The number of hydrogen-bond acceptors (Lipinski definition) is 4. The van der Waals surface area contributed by atoms with Crippen molar-refractivity contribution in [3.8, 4) is 11.5 Å². The number of fused-ring (bicyclic) bond motifs is 1. The van der Waals surface area contributed by atoms with E-state index in [9.17, 15) is 4.79 Å². The van der Waals surface area contributed by atoms with Crippen LogP contribution in [0.3, 0.4) is 0 Å². The molecule has 5 heteroatoms. The van der Waals surface area contributed by atoms with Crippen LogP contribution < -0.4 is 20.1 Å². The molecule has 2 aromatic rings. The SMILES string of the molecule is COc1ccccc1CN1C(=O)COc2ccc(N)cc21. The van der Waals surface area contributed by atoms with Crippen molar-refractivity contribution in [2.24, 2.45) is 0 Å². The number of carbonyl (C=O) groups excluding carboxylic acids is 1. The number of nitrogen functional groups attached to an aromatic ring is 1. The lowest BCUT2D eigenvalue weighted by atomic mass is 10.1. The second kappa shape index (κ2) is 5.36. The van der Waals surface area contributed by atoms with E-state index in [2.05, 4.69) is 0 Å². The highest BCUT2D eigenvalue weighted by atomic mass is 16.5. The maximum Gasteiger partial charge on any atom is 0.265 e. The van der Waals surface area contributed by atoms with E-state index in [0.29, 0.717) is 23.7 Å². The zero-order valence-corrected chi connectivity index (χ0v) is 11.7. The number of nitrogens with zero attached hydrogens (tertiary/aromatic N) is 1. The van der Waals surface area contributed by atoms with Crippen LogP contribution in [0.15, 0.2) is 42.5 Å². The standard InChI is InChI=1S/C16H16N2O3/c1-20-14-5-3-2-4-11(14)9-18-13-8-12(17)6-7-15(13)21-10-16(18)19/h2-8H,9-10,17H2,1H3. The topological polar surface area (TPSA) is 64.8 Å². The summed E-state index contributed by atoms with van der Waals surface area (Å²) in [6, 6.07) is 12.9. The van der Waals surface area contributed by atoms with Crippen molar-refractivity contribution in [1.82, 2.24) is 0 Å². The Labute approximate surface area is 122 Å². The number of carbonyl (C=O) groups is 1. The maximum atomic E-state index is 12.2. The highest BCUT2D eigenvalue weighted by Gasteiger charge is 2.26. The first-order valence-corrected chi connectivity index (χ1v) is 6.63. The average Bonchev–Trinajstić information content (AvgIpc) is 2.50. The van der Waals surface area contributed by atoms with Gasteiger partial charge in [-0.25, -0.2) is 0 Å².